The largest absolute Gasteiger partial charge is 0.497 e. The lowest BCUT2D eigenvalue weighted by Crippen LogP contribution is -2.07. The molecule has 0 fully saturated rings. The van der Waals surface area contributed by atoms with Crippen molar-refractivity contribution in [2.24, 2.45) is 0 Å². The van der Waals surface area contributed by atoms with Crippen LogP contribution in [0.1, 0.15) is 5.56 Å². The highest BCUT2D eigenvalue weighted by molar-refractivity contribution is 5.81. The van der Waals surface area contributed by atoms with E-state index in [4.69, 9.17) is 13.9 Å². The minimum absolute atomic E-state index is 0.0500. The summed E-state index contributed by atoms with van der Waals surface area (Å²) in [4.78, 5) is 12.6. The maximum Gasteiger partial charge on any atom is 0.196 e. The van der Waals surface area contributed by atoms with E-state index in [0.717, 1.165) is 11.3 Å². The van der Waals surface area contributed by atoms with Gasteiger partial charge in [0.2, 0.25) is 0 Å². The Morgan fingerprint density at radius 3 is 2.18 bits per heavy atom. The second-order valence-electron chi connectivity index (χ2n) is 4.98. The van der Waals surface area contributed by atoms with Crippen LogP contribution in [-0.2, 0) is 0 Å². The number of methoxy groups -OCH3 is 2. The quantitative estimate of drug-likeness (QED) is 0.738. The van der Waals surface area contributed by atoms with E-state index in [9.17, 15) is 4.79 Å². The van der Waals surface area contributed by atoms with Crippen molar-refractivity contribution in [3.63, 3.8) is 0 Å². The Bertz CT molecular complexity index is 876. The van der Waals surface area contributed by atoms with Gasteiger partial charge in [-0.3, -0.25) is 4.79 Å². The van der Waals surface area contributed by atoms with E-state index in [1.54, 1.807) is 39.3 Å². The lowest BCUT2D eigenvalue weighted by Gasteiger charge is -2.08. The first-order valence-electron chi connectivity index (χ1n) is 6.90. The summed E-state index contributed by atoms with van der Waals surface area (Å²) in [6, 6.07) is 12.7. The van der Waals surface area contributed by atoms with Gasteiger partial charge in [0.1, 0.15) is 22.8 Å². The number of hydrogen-bond acceptors (Lipinski definition) is 4. The molecule has 2 aromatic carbocycles. The van der Waals surface area contributed by atoms with Crippen LogP contribution >= 0.6 is 0 Å². The molecule has 1 heterocycles. The lowest BCUT2D eigenvalue weighted by atomic mass is 10.1. The molecule has 0 aliphatic rings. The Morgan fingerprint density at radius 2 is 1.55 bits per heavy atom. The second-order valence-corrected chi connectivity index (χ2v) is 4.98. The minimum atomic E-state index is -0.0500. The topological polar surface area (TPSA) is 48.7 Å². The number of benzene rings is 2. The first kappa shape index (κ1) is 14.2. The fraction of sp³-hybridized carbons (Fsp3) is 0.167. The zero-order valence-electron chi connectivity index (χ0n) is 12.7. The van der Waals surface area contributed by atoms with Crippen molar-refractivity contribution in [3.05, 3.63) is 58.3 Å². The summed E-state index contributed by atoms with van der Waals surface area (Å²) in [5, 5.41) is 0.522. The maximum absolute atomic E-state index is 12.6. The summed E-state index contributed by atoms with van der Waals surface area (Å²) in [6.07, 6.45) is 0. The summed E-state index contributed by atoms with van der Waals surface area (Å²) in [5.41, 5.74) is 1.91. The van der Waals surface area contributed by atoms with Crippen LogP contribution in [0.15, 0.2) is 51.7 Å². The smallest absolute Gasteiger partial charge is 0.196 e. The number of ether oxygens (including phenoxy) is 2. The van der Waals surface area contributed by atoms with Crippen molar-refractivity contribution >= 4 is 11.0 Å². The highest BCUT2D eigenvalue weighted by Crippen LogP contribution is 2.28. The van der Waals surface area contributed by atoms with E-state index >= 15 is 0 Å². The Balaban J connectivity index is 2.22. The molecular formula is C18H16O4. The third-order valence-electron chi connectivity index (χ3n) is 3.68. The third kappa shape index (κ3) is 2.33. The number of hydrogen-bond donors (Lipinski definition) is 0. The first-order valence-corrected chi connectivity index (χ1v) is 6.90. The molecule has 0 spiro atoms. The Hall–Kier alpha value is -2.75. The van der Waals surface area contributed by atoms with Gasteiger partial charge in [0.15, 0.2) is 5.43 Å². The molecule has 0 aliphatic heterocycles. The Labute approximate surface area is 127 Å². The van der Waals surface area contributed by atoms with Gasteiger partial charge in [-0.15, -0.1) is 0 Å². The van der Waals surface area contributed by atoms with Gasteiger partial charge < -0.3 is 13.9 Å². The number of rotatable bonds is 3. The zero-order valence-corrected chi connectivity index (χ0v) is 12.7. The molecule has 4 heteroatoms. The van der Waals surface area contributed by atoms with Gasteiger partial charge in [-0.2, -0.15) is 0 Å². The molecule has 112 valence electrons. The van der Waals surface area contributed by atoms with Gasteiger partial charge in [0.25, 0.3) is 0 Å². The normalized spacial score (nSPS) is 10.7. The van der Waals surface area contributed by atoms with Crippen LogP contribution in [0.5, 0.6) is 11.5 Å². The predicted molar refractivity (Wildman–Crippen MR) is 85.8 cm³/mol. The Morgan fingerprint density at radius 1 is 0.909 bits per heavy atom. The summed E-state index contributed by atoms with van der Waals surface area (Å²) >= 11 is 0. The number of fused-ring (bicyclic) bond motifs is 1. The highest BCUT2D eigenvalue weighted by atomic mass is 16.5. The third-order valence-corrected chi connectivity index (χ3v) is 3.68. The molecule has 0 bridgehead atoms. The average molecular weight is 296 g/mol. The molecule has 0 radical (unpaired) electrons. The SMILES string of the molecule is COc1ccc(-c2oc3ccc(OC)cc3c(=O)c2C)cc1. The molecule has 22 heavy (non-hydrogen) atoms. The summed E-state index contributed by atoms with van der Waals surface area (Å²) in [6.45, 7) is 1.77. The molecule has 4 nitrogen and oxygen atoms in total. The summed E-state index contributed by atoms with van der Waals surface area (Å²) < 4.78 is 16.2. The van der Waals surface area contributed by atoms with Crippen molar-refractivity contribution in [3.8, 4) is 22.8 Å². The maximum atomic E-state index is 12.6. The molecule has 0 aliphatic carbocycles. The molecule has 0 atom stereocenters. The fourth-order valence-corrected chi connectivity index (χ4v) is 2.41. The van der Waals surface area contributed by atoms with Gasteiger partial charge >= 0.3 is 0 Å². The van der Waals surface area contributed by atoms with Gasteiger partial charge in [-0.1, -0.05) is 0 Å². The van der Waals surface area contributed by atoms with Crippen LogP contribution in [-0.4, -0.2) is 14.2 Å². The van der Waals surface area contributed by atoms with Crippen molar-refractivity contribution in [1.82, 2.24) is 0 Å². The van der Waals surface area contributed by atoms with Crippen LogP contribution in [0.25, 0.3) is 22.3 Å². The Kier molecular flexibility index (Phi) is 3.59. The standard InChI is InChI=1S/C18H16O4/c1-11-17(19)15-10-14(21-3)8-9-16(15)22-18(11)12-4-6-13(20-2)7-5-12/h4-10H,1-3H3. The van der Waals surface area contributed by atoms with Gasteiger partial charge in [-0.25, -0.2) is 0 Å². The van der Waals surface area contributed by atoms with E-state index in [1.165, 1.54) is 0 Å². The van der Waals surface area contributed by atoms with Crippen molar-refractivity contribution in [1.29, 1.82) is 0 Å². The minimum Gasteiger partial charge on any atom is -0.497 e. The molecule has 3 aromatic rings. The average Bonchev–Trinajstić information content (AvgIpc) is 2.58. The van der Waals surface area contributed by atoms with Crippen molar-refractivity contribution in [2.45, 2.75) is 6.92 Å². The lowest BCUT2D eigenvalue weighted by molar-refractivity contribution is 0.414. The van der Waals surface area contributed by atoms with Crippen LogP contribution < -0.4 is 14.9 Å². The van der Waals surface area contributed by atoms with E-state index in [1.807, 2.05) is 24.3 Å². The van der Waals surface area contributed by atoms with E-state index in [0.29, 0.717) is 28.0 Å². The van der Waals surface area contributed by atoms with E-state index in [-0.39, 0.29) is 5.43 Å². The van der Waals surface area contributed by atoms with Crippen LogP contribution in [0, 0.1) is 6.92 Å². The van der Waals surface area contributed by atoms with Crippen LogP contribution in [0.3, 0.4) is 0 Å². The second kappa shape index (κ2) is 5.56. The molecule has 0 N–H and O–H groups in total. The van der Waals surface area contributed by atoms with Crippen LogP contribution in [0.4, 0.5) is 0 Å². The van der Waals surface area contributed by atoms with Crippen molar-refractivity contribution < 1.29 is 13.9 Å². The predicted octanol–water partition coefficient (Wildman–Crippen LogP) is 3.79. The highest BCUT2D eigenvalue weighted by Gasteiger charge is 2.13. The monoisotopic (exact) mass is 296 g/mol. The molecule has 0 unspecified atom stereocenters. The van der Waals surface area contributed by atoms with E-state index < -0.39 is 0 Å². The molecule has 0 amide bonds. The molecule has 1 aromatic heterocycles. The first-order chi connectivity index (χ1) is 10.6. The molecular weight excluding hydrogens is 280 g/mol. The van der Waals surface area contributed by atoms with E-state index in [2.05, 4.69) is 0 Å². The van der Waals surface area contributed by atoms with Gasteiger partial charge in [-0.05, 0) is 49.4 Å². The molecule has 0 saturated carbocycles. The zero-order chi connectivity index (χ0) is 15.7. The summed E-state index contributed by atoms with van der Waals surface area (Å²) in [5.74, 6) is 1.97. The molecule has 0 saturated heterocycles. The van der Waals surface area contributed by atoms with Gasteiger partial charge in [0, 0.05) is 11.1 Å². The van der Waals surface area contributed by atoms with Crippen molar-refractivity contribution in [2.75, 3.05) is 14.2 Å². The fourth-order valence-electron chi connectivity index (χ4n) is 2.41. The van der Waals surface area contributed by atoms with Crippen LogP contribution in [0.2, 0.25) is 0 Å². The summed E-state index contributed by atoms with van der Waals surface area (Å²) in [7, 11) is 3.19. The van der Waals surface area contributed by atoms with Gasteiger partial charge in [0.05, 0.1) is 19.6 Å². The molecule has 3 rings (SSSR count).